The van der Waals surface area contributed by atoms with Crippen LogP contribution in [0, 0.1) is 5.92 Å². The molecule has 0 saturated heterocycles. The van der Waals surface area contributed by atoms with Gasteiger partial charge in [0.15, 0.2) is 22.3 Å². The molecule has 1 aliphatic carbocycles. The number of amides is 3. The van der Waals surface area contributed by atoms with Gasteiger partial charge in [0.1, 0.15) is 0 Å². The first-order valence-electron chi connectivity index (χ1n) is 12.1. The topological polar surface area (TPSA) is 138 Å². The molecule has 1 fully saturated rings. The molecule has 11 nitrogen and oxygen atoms in total. The van der Waals surface area contributed by atoms with Crippen molar-refractivity contribution in [3.8, 4) is 16.2 Å². The molecule has 0 bridgehead atoms. The zero-order valence-corrected chi connectivity index (χ0v) is 20.0. The van der Waals surface area contributed by atoms with Crippen molar-refractivity contribution in [3.05, 3.63) is 41.2 Å². The van der Waals surface area contributed by atoms with E-state index in [-0.39, 0.29) is 34.9 Å². The summed E-state index contributed by atoms with van der Waals surface area (Å²) in [7, 11) is 4.74. The Balaban J connectivity index is 1.71. The van der Waals surface area contributed by atoms with E-state index in [1.54, 1.807) is 38.5 Å². The Bertz CT molecular complexity index is 1390. The van der Waals surface area contributed by atoms with E-state index in [1.165, 1.54) is 29.4 Å². The van der Waals surface area contributed by atoms with E-state index in [0.717, 1.165) is 12.8 Å². The minimum Gasteiger partial charge on any atom is -0.494 e. The van der Waals surface area contributed by atoms with E-state index >= 15 is 0 Å². The molecule has 35 heavy (non-hydrogen) atoms. The number of ether oxygens (including phenoxy) is 1. The number of nitrogens with zero attached hydrogens (tertiary/aromatic N) is 4. The molecule has 0 atom stereocenters. The highest BCUT2D eigenvalue weighted by molar-refractivity contribution is 7.17. The van der Waals surface area contributed by atoms with Crippen molar-refractivity contribution in [1.29, 1.82) is 0 Å². The normalized spacial score (nSPS) is 14.2. The number of nitrogens with one attached hydrogen (secondary N) is 3. The van der Waals surface area contributed by atoms with Crippen LogP contribution >= 0.6 is 11.3 Å². The number of methoxy groups -OCH3 is 1. The van der Waals surface area contributed by atoms with Crippen LogP contribution in [0.5, 0.6) is 5.75 Å². The number of anilines is 3. The lowest BCUT2D eigenvalue weighted by molar-refractivity contribution is -0.117. The minimum atomic E-state index is -2.75. The maximum Gasteiger partial charge on any atom is 0.282 e. The molecule has 0 unspecified atom stereocenters. The van der Waals surface area contributed by atoms with Gasteiger partial charge in [-0.2, -0.15) is 0 Å². The zero-order chi connectivity index (χ0) is 27.6. The van der Waals surface area contributed by atoms with Gasteiger partial charge in [0, 0.05) is 48.9 Å². The number of para-hydroxylation sites is 1. The highest BCUT2D eigenvalue weighted by Crippen LogP contribution is 2.40. The molecule has 3 aromatic rings. The lowest BCUT2D eigenvalue weighted by Crippen LogP contribution is -2.22. The summed E-state index contributed by atoms with van der Waals surface area (Å²) in [6.07, 6.45) is 3.14. The highest BCUT2D eigenvalue weighted by Gasteiger charge is 2.30. The van der Waals surface area contributed by atoms with E-state index in [1.807, 2.05) is 5.32 Å². The summed E-state index contributed by atoms with van der Waals surface area (Å²) in [4.78, 5) is 43.6. The summed E-state index contributed by atoms with van der Waals surface area (Å²) in [6, 6.07) is 6.60. The molecule has 0 radical (unpaired) electrons. The molecule has 3 amide bonds. The van der Waals surface area contributed by atoms with Crippen molar-refractivity contribution >= 4 is 46.3 Å². The molecule has 12 heteroatoms. The Hall–Kier alpha value is -4.06. The standard InChI is InChI=1S/C23H25N7O4S/c1-24-21(32)18-15(10-17(28-29-18)27-20(31)12-8-9-12)26-14-7-5-6-13(19(14)34-4)16-11-25-22(35-16)23(33)30(2)3/h5-7,10-12H,8-9H2,1-4H3,(H,24,32)(H2,26,27,28,31)/i1D3. The van der Waals surface area contributed by atoms with Gasteiger partial charge in [-0.3, -0.25) is 14.4 Å². The Kier molecular flexibility index (Phi) is 5.84. The number of aromatic nitrogens is 3. The first kappa shape index (κ1) is 20.3. The molecule has 4 rings (SSSR count). The fourth-order valence-corrected chi connectivity index (χ4v) is 4.19. The molecule has 1 aromatic carbocycles. The summed E-state index contributed by atoms with van der Waals surface area (Å²) >= 11 is 1.19. The molecule has 2 heterocycles. The number of benzene rings is 1. The number of carbonyl (C=O) groups excluding carboxylic acids is 3. The van der Waals surface area contributed by atoms with Crippen LogP contribution in [0.25, 0.3) is 10.4 Å². The third-order valence-electron chi connectivity index (χ3n) is 5.17. The van der Waals surface area contributed by atoms with E-state index < -0.39 is 12.9 Å². The molecule has 1 aliphatic rings. The summed E-state index contributed by atoms with van der Waals surface area (Å²) < 4.78 is 27.7. The second kappa shape index (κ2) is 10.1. The number of carbonyl (C=O) groups is 3. The lowest BCUT2D eigenvalue weighted by Gasteiger charge is -2.16. The Morgan fingerprint density at radius 1 is 1.20 bits per heavy atom. The van der Waals surface area contributed by atoms with Crippen LogP contribution in [0.4, 0.5) is 17.2 Å². The van der Waals surface area contributed by atoms with Crippen LogP contribution in [-0.4, -0.2) is 66.0 Å². The number of thiazole rings is 1. The third-order valence-corrected chi connectivity index (χ3v) is 6.19. The molecule has 182 valence electrons. The first-order valence-corrected chi connectivity index (χ1v) is 11.4. The minimum absolute atomic E-state index is 0.0906. The van der Waals surface area contributed by atoms with Crippen molar-refractivity contribution in [1.82, 2.24) is 25.4 Å². The van der Waals surface area contributed by atoms with Crippen molar-refractivity contribution in [2.24, 2.45) is 5.92 Å². The predicted octanol–water partition coefficient (Wildman–Crippen LogP) is 2.76. The number of rotatable bonds is 8. The second-order valence-electron chi connectivity index (χ2n) is 7.95. The lowest BCUT2D eigenvalue weighted by atomic mass is 10.1. The monoisotopic (exact) mass is 498 g/mol. The molecule has 1 saturated carbocycles. The zero-order valence-electron chi connectivity index (χ0n) is 22.2. The second-order valence-corrected chi connectivity index (χ2v) is 8.98. The van der Waals surface area contributed by atoms with Gasteiger partial charge in [0.2, 0.25) is 5.91 Å². The van der Waals surface area contributed by atoms with Crippen LogP contribution in [-0.2, 0) is 4.79 Å². The molecule has 3 N–H and O–H groups in total. The van der Waals surface area contributed by atoms with E-state index in [9.17, 15) is 14.4 Å². The molecular formula is C23H25N7O4S. The summed E-state index contributed by atoms with van der Waals surface area (Å²) in [5.74, 6) is -1.04. The Morgan fingerprint density at radius 2 is 2.00 bits per heavy atom. The largest absolute Gasteiger partial charge is 0.494 e. The van der Waals surface area contributed by atoms with Gasteiger partial charge < -0.3 is 25.6 Å². The molecule has 2 aromatic heterocycles. The molecule has 0 spiro atoms. The average molecular weight is 499 g/mol. The Labute approximate surface area is 210 Å². The van der Waals surface area contributed by atoms with E-state index in [4.69, 9.17) is 8.85 Å². The predicted molar refractivity (Wildman–Crippen MR) is 132 cm³/mol. The fourth-order valence-electron chi connectivity index (χ4n) is 3.23. The first-order chi connectivity index (χ1) is 18.0. The van der Waals surface area contributed by atoms with Crippen molar-refractivity contribution in [3.63, 3.8) is 0 Å². The van der Waals surface area contributed by atoms with E-state index in [0.29, 0.717) is 26.9 Å². The van der Waals surface area contributed by atoms with Gasteiger partial charge in [-0.05, 0) is 25.0 Å². The van der Waals surface area contributed by atoms with Crippen LogP contribution in [0.2, 0.25) is 0 Å². The van der Waals surface area contributed by atoms with Crippen LogP contribution in [0.15, 0.2) is 30.5 Å². The van der Waals surface area contributed by atoms with Crippen molar-refractivity contribution in [2.45, 2.75) is 12.8 Å². The summed E-state index contributed by atoms with van der Waals surface area (Å²) in [5, 5.41) is 15.7. The van der Waals surface area contributed by atoms with E-state index in [2.05, 4.69) is 25.8 Å². The van der Waals surface area contributed by atoms with Crippen LogP contribution < -0.4 is 20.7 Å². The van der Waals surface area contributed by atoms with Crippen LogP contribution in [0.1, 0.15) is 37.2 Å². The van der Waals surface area contributed by atoms with Gasteiger partial charge in [-0.15, -0.1) is 21.5 Å². The quantitative estimate of drug-likeness (QED) is 0.431. The number of hydrogen-bond donors (Lipinski definition) is 3. The maximum absolute atomic E-state index is 12.7. The SMILES string of the molecule is [2H]C([2H])([2H])NC(=O)c1nnc(NC(=O)C2CC2)cc1Nc1cccc(-c2cnc(C(=O)N(C)C)s2)c1OC. The van der Waals surface area contributed by atoms with Crippen molar-refractivity contribution < 1.29 is 23.2 Å². The highest BCUT2D eigenvalue weighted by atomic mass is 32.1. The van der Waals surface area contributed by atoms with Gasteiger partial charge >= 0.3 is 0 Å². The van der Waals surface area contributed by atoms with Gasteiger partial charge in [-0.25, -0.2) is 4.98 Å². The van der Waals surface area contributed by atoms with Gasteiger partial charge in [0.05, 0.1) is 23.4 Å². The number of hydrogen-bond acceptors (Lipinski definition) is 9. The van der Waals surface area contributed by atoms with Gasteiger partial charge in [-0.1, -0.05) is 6.07 Å². The molecule has 0 aliphatic heterocycles. The smallest absolute Gasteiger partial charge is 0.282 e. The van der Waals surface area contributed by atoms with Gasteiger partial charge in [0.25, 0.3) is 11.8 Å². The molecular weight excluding hydrogens is 470 g/mol. The fraction of sp³-hybridized carbons (Fsp3) is 0.304. The van der Waals surface area contributed by atoms with Crippen molar-refractivity contribution in [2.75, 3.05) is 38.8 Å². The summed E-state index contributed by atoms with van der Waals surface area (Å²) in [6.45, 7) is -2.75. The maximum atomic E-state index is 12.7. The third kappa shape index (κ3) is 5.22. The van der Waals surface area contributed by atoms with Crippen LogP contribution in [0.3, 0.4) is 0 Å². The average Bonchev–Trinajstić information content (AvgIpc) is 3.59. The summed E-state index contributed by atoms with van der Waals surface area (Å²) in [5.41, 5.74) is 0.839. The Morgan fingerprint density at radius 3 is 2.69 bits per heavy atom.